The molecule has 0 unspecified atom stereocenters. The summed E-state index contributed by atoms with van der Waals surface area (Å²) in [5.74, 6) is 0. The fourth-order valence-corrected chi connectivity index (χ4v) is 0. The summed E-state index contributed by atoms with van der Waals surface area (Å²) >= 11 is 4.34. The summed E-state index contributed by atoms with van der Waals surface area (Å²) in [6, 6.07) is 0. The normalized spacial score (nSPS) is 12.0. The van der Waals surface area contributed by atoms with Crippen LogP contribution in [0.2, 0.25) is 0 Å². The monoisotopic (exact) mass is 114 g/mol. The van der Waals surface area contributed by atoms with E-state index in [0.29, 0.717) is 0 Å². The highest BCUT2D eigenvalue weighted by Gasteiger charge is 2.21. The molecule has 0 spiro atoms. The minimum Gasteiger partial charge on any atom is -0.378 e. The molecule has 0 aromatic heterocycles. The van der Waals surface area contributed by atoms with Gasteiger partial charge < -0.3 is 14.4 Å². The van der Waals surface area contributed by atoms with Crippen molar-refractivity contribution in [3.05, 3.63) is 0 Å². The highest BCUT2D eigenvalue weighted by molar-refractivity contribution is 7.06. The molecular weight excluding hydrogens is 112 g/mol. The van der Waals surface area contributed by atoms with E-state index in [1.807, 2.05) is 0 Å². The third-order valence-corrected chi connectivity index (χ3v) is 0. The van der Waals surface area contributed by atoms with Gasteiger partial charge in [0.15, 0.2) is 0 Å². The summed E-state index contributed by atoms with van der Waals surface area (Å²) in [4.78, 5) is 22.6. The fraction of sp³-hybridized carbons (Fsp3) is 0. The molecule has 32 valence electrons. The van der Waals surface area contributed by atoms with Gasteiger partial charge in [-0.3, -0.25) is 0 Å². The van der Waals surface area contributed by atoms with E-state index >= 15 is 0 Å². The number of hydrogen-bond donors (Lipinski definition) is 3. The molecule has 0 aromatic rings. The summed E-state index contributed by atoms with van der Waals surface area (Å²) in [5, 5.41) is 0. The van der Waals surface area contributed by atoms with Gasteiger partial charge in [0, 0.05) is 0 Å². The van der Waals surface area contributed by atoms with Gasteiger partial charge in [-0.25, -0.2) is 0 Å². The molecule has 0 atom stereocenters. The van der Waals surface area contributed by atoms with Crippen molar-refractivity contribution in [2.75, 3.05) is 0 Å². The second kappa shape index (κ2) is 1.23. The molecule has 3 N–H and O–H groups in total. The molecule has 5 heteroatoms. The zero-order chi connectivity index (χ0) is 4.50. The highest BCUT2D eigenvalue weighted by Crippen LogP contribution is 1.87. The molecule has 0 aliphatic carbocycles. The number of hydrogen-bond acceptors (Lipinski definition) is 3. The molecule has 0 heterocycles. The Morgan fingerprint density at radius 2 is 1.20 bits per heavy atom. The summed E-state index contributed by atoms with van der Waals surface area (Å²) < 4.78 is 0. The lowest BCUT2D eigenvalue weighted by Gasteiger charge is -1.90. The van der Waals surface area contributed by atoms with Gasteiger partial charge in [-0.05, 0) is 0 Å². The van der Waals surface area contributed by atoms with Crippen molar-refractivity contribution in [3.63, 3.8) is 0 Å². The average Bonchev–Trinajstić information content (AvgIpc) is 0.722. The zero-order valence-corrected chi connectivity index (χ0v) is 3.98. The Kier molecular flexibility index (Phi) is 1.33. The van der Waals surface area contributed by atoms with Crippen LogP contribution in [-0.2, 0) is 0 Å². The minimum atomic E-state index is -4.14. The largest absolute Gasteiger partial charge is 0.605 e. The van der Waals surface area contributed by atoms with Crippen LogP contribution in [0.15, 0.2) is 0 Å². The van der Waals surface area contributed by atoms with Crippen molar-refractivity contribution >= 4 is 19.2 Å². The molecule has 0 aromatic carbocycles. The van der Waals surface area contributed by atoms with Crippen molar-refractivity contribution < 1.29 is 14.4 Å². The molecular formula is H3ClO3Si. The third-order valence-electron chi connectivity index (χ3n) is 0. The first-order valence-electron chi connectivity index (χ1n) is 0.860. The molecule has 5 heavy (non-hydrogen) atoms. The predicted molar refractivity (Wildman–Crippen MR) is 18.3 cm³/mol. The molecule has 0 bridgehead atoms. The van der Waals surface area contributed by atoms with Gasteiger partial charge in [0.25, 0.3) is 0 Å². The summed E-state index contributed by atoms with van der Waals surface area (Å²) in [7, 11) is -4.14. The Labute approximate surface area is 34.5 Å². The van der Waals surface area contributed by atoms with Crippen LogP contribution in [0.25, 0.3) is 0 Å². The van der Waals surface area contributed by atoms with Crippen molar-refractivity contribution in [2.45, 2.75) is 0 Å². The smallest absolute Gasteiger partial charge is 0.378 e. The van der Waals surface area contributed by atoms with Gasteiger partial charge in [0.2, 0.25) is 0 Å². The Morgan fingerprint density at radius 1 is 1.20 bits per heavy atom. The van der Waals surface area contributed by atoms with Gasteiger partial charge >= 0.3 is 8.11 Å². The van der Waals surface area contributed by atoms with Crippen molar-refractivity contribution in [1.82, 2.24) is 0 Å². The summed E-state index contributed by atoms with van der Waals surface area (Å²) in [6.07, 6.45) is 0. The van der Waals surface area contributed by atoms with Gasteiger partial charge in [-0.15, -0.1) is 0 Å². The average molecular weight is 115 g/mol. The quantitative estimate of drug-likeness (QED) is 0.269. The van der Waals surface area contributed by atoms with Crippen LogP contribution in [0.3, 0.4) is 0 Å². The maximum Gasteiger partial charge on any atom is 0.605 e. The van der Waals surface area contributed by atoms with Gasteiger partial charge in [-0.2, -0.15) is 0 Å². The standard InChI is InChI=1S/ClH3O3Si/c1-5(2,3)4/h2-4H. The van der Waals surface area contributed by atoms with Crippen LogP contribution in [0.1, 0.15) is 0 Å². The van der Waals surface area contributed by atoms with E-state index in [2.05, 4.69) is 11.1 Å². The number of halogens is 1. The lowest BCUT2D eigenvalue weighted by Crippen LogP contribution is -2.25. The second-order valence-electron chi connectivity index (χ2n) is 0.554. The van der Waals surface area contributed by atoms with E-state index < -0.39 is 8.11 Å². The Morgan fingerprint density at radius 3 is 1.20 bits per heavy atom. The topological polar surface area (TPSA) is 60.7 Å². The summed E-state index contributed by atoms with van der Waals surface area (Å²) in [5.41, 5.74) is 0. The molecule has 0 aliphatic heterocycles. The molecule has 0 aliphatic rings. The van der Waals surface area contributed by atoms with Crippen LogP contribution >= 0.6 is 11.1 Å². The summed E-state index contributed by atoms with van der Waals surface area (Å²) in [6.45, 7) is 0. The third kappa shape index (κ3) is 167. The molecule has 0 amide bonds. The van der Waals surface area contributed by atoms with E-state index in [-0.39, 0.29) is 0 Å². The van der Waals surface area contributed by atoms with E-state index in [4.69, 9.17) is 14.4 Å². The van der Waals surface area contributed by atoms with Crippen molar-refractivity contribution in [2.24, 2.45) is 0 Å². The molecule has 0 saturated carbocycles. The first-order chi connectivity index (χ1) is 2.00. The van der Waals surface area contributed by atoms with Crippen LogP contribution in [-0.4, -0.2) is 22.5 Å². The maximum atomic E-state index is 7.54. The van der Waals surface area contributed by atoms with E-state index in [0.717, 1.165) is 0 Å². The zero-order valence-electron chi connectivity index (χ0n) is 2.22. The lowest BCUT2D eigenvalue weighted by molar-refractivity contribution is 0.261. The minimum absolute atomic E-state index is 4.14. The Bertz CT molecular complexity index is 22.4. The first-order valence-corrected chi connectivity index (χ1v) is 3.71. The van der Waals surface area contributed by atoms with Gasteiger partial charge in [0.1, 0.15) is 0 Å². The first kappa shape index (κ1) is 5.39. The van der Waals surface area contributed by atoms with Gasteiger partial charge in [0.05, 0.1) is 0 Å². The second-order valence-corrected chi connectivity index (χ2v) is 3.18. The molecule has 0 rings (SSSR count). The van der Waals surface area contributed by atoms with E-state index in [1.54, 1.807) is 0 Å². The Hall–Kier alpha value is 0.387. The molecule has 0 saturated heterocycles. The van der Waals surface area contributed by atoms with Gasteiger partial charge in [-0.1, -0.05) is 11.1 Å². The molecule has 3 nitrogen and oxygen atoms in total. The fourth-order valence-electron chi connectivity index (χ4n) is 0. The van der Waals surface area contributed by atoms with Crippen LogP contribution < -0.4 is 0 Å². The van der Waals surface area contributed by atoms with E-state index in [9.17, 15) is 0 Å². The number of rotatable bonds is 0. The lowest BCUT2D eigenvalue weighted by atomic mass is 15.8. The molecule has 0 fully saturated rings. The van der Waals surface area contributed by atoms with Crippen molar-refractivity contribution in [1.29, 1.82) is 0 Å². The van der Waals surface area contributed by atoms with Crippen LogP contribution in [0, 0.1) is 0 Å². The molecule has 0 radical (unpaired) electrons. The Balaban J connectivity index is 3.02. The maximum absolute atomic E-state index is 7.54. The van der Waals surface area contributed by atoms with Crippen molar-refractivity contribution in [3.8, 4) is 0 Å². The van der Waals surface area contributed by atoms with Crippen LogP contribution in [0.4, 0.5) is 0 Å². The SMILES string of the molecule is O[Si](O)(O)Cl. The highest BCUT2D eigenvalue weighted by atomic mass is 35.6. The van der Waals surface area contributed by atoms with E-state index in [1.165, 1.54) is 0 Å². The van der Waals surface area contributed by atoms with Crippen LogP contribution in [0.5, 0.6) is 0 Å². The predicted octanol–water partition coefficient (Wildman–Crippen LogP) is -1.36.